The number of aliphatic hydroxyl groups is 2. The Morgan fingerprint density at radius 2 is 1.66 bits per heavy atom. The van der Waals surface area contributed by atoms with E-state index in [0.717, 1.165) is 17.6 Å². The highest BCUT2D eigenvalue weighted by Gasteiger charge is 2.55. The predicted octanol–water partition coefficient (Wildman–Crippen LogP) is 7.50. The molecule has 1 heterocycles. The molecule has 0 aromatic heterocycles. The van der Waals surface area contributed by atoms with Crippen LogP contribution in [-0.2, 0) is 21.9 Å². The fraction of sp³-hybridized carbons (Fsp3) is 0.455. The molecule has 1 aliphatic carbocycles. The minimum atomic E-state index is -5.18. The van der Waals surface area contributed by atoms with Gasteiger partial charge in [0.1, 0.15) is 0 Å². The first-order valence-corrected chi connectivity index (χ1v) is 15.9. The molecule has 0 bridgehead atoms. The van der Waals surface area contributed by atoms with Crippen LogP contribution in [0.15, 0.2) is 47.1 Å². The number of benzene rings is 2. The van der Waals surface area contributed by atoms with Crippen LogP contribution in [0.1, 0.15) is 62.6 Å². The van der Waals surface area contributed by atoms with E-state index in [1.165, 1.54) is 7.11 Å². The zero-order valence-electron chi connectivity index (χ0n) is 25.7. The maximum absolute atomic E-state index is 13.7. The molecular formula is C33H34F6INO6. The zero-order chi connectivity index (χ0) is 35.0. The minimum Gasteiger partial charge on any atom is -0.504 e. The summed E-state index contributed by atoms with van der Waals surface area (Å²) in [6.45, 7) is 2.92. The number of fused-ring (bicyclic) bond motifs is 1. The molecule has 2 aromatic rings. The largest absolute Gasteiger partial charge is 0.504 e. The molecule has 2 amide bonds. The van der Waals surface area contributed by atoms with E-state index in [4.69, 9.17) is 4.74 Å². The third-order valence-electron chi connectivity index (χ3n) is 8.67. The molecule has 4 rings (SSSR count). The normalized spacial score (nSPS) is 21.4. The number of allylic oxidation sites excluding steroid dienone is 2. The number of anilines is 1. The van der Waals surface area contributed by atoms with Gasteiger partial charge < -0.3 is 20.1 Å². The number of nitrogens with zero attached hydrogens (tertiary/aromatic N) is 1. The number of carbonyl (C=O) groups is 2. The maximum atomic E-state index is 13.7. The van der Waals surface area contributed by atoms with Crippen LogP contribution in [0.5, 0.6) is 11.5 Å². The van der Waals surface area contributed by atoms with E-state index >= 15 is 0 Å². The molecule has 1 saturated heterocycles. The predicted molar refractivity (Wildman–Crippen MR) is 169 cm³/mol. The van der Waals surface area contributed by atoms with Gasteiger partial charge in [0.2, 0.25) is 11.8 Å². The molecule has 3 N–H and O–H groups in total. The number of hydrogen-bond acceptors (Lipinski definition) is 6. The van der Waals surface area contributed by atoms with E-state index in [2.05, 4.69) is 0 Å². The van der Waals surface area contributed by atoms with Gasteiger partial charge in [-0.2, -0.15) is 26.3 Å². The molecule has 0 saturated carbocycles. The highest BCUT2D eigenvalue weighted by atomic mass is 127. The molecule has 7 nitrogen and oxygen atoms in total. The Morgan fingerprint density at radius 3 is 2.19 bits per heavy atom. The summed E-state index contributed by atoms with van der Waals surface area (Å²) in [5.41, 5.74) is -1.62. The van der Waals surface area contributed by atoms with Crippen LogP contribution in [0.25, 0.3) is 6.08 Å². The Labute approximate surface area is 281 Å². The molecule has 256 valence electrons. The number of methoxy groups -OCH3 is 1. The molecule has 47 heavy (non-hydrogen) atoms. The van der Waals surface area contributed by atoms with E-state index in [9.17, 15) is 51.3 Å². The molecule has 2 aromatic carbocycles. The number of hydrogen-bond donors (Lipinski definition) is 3. The molecule has 0 radical (unpaired) electrons. The molecule has 14 heteroatoms. The van der Waals surface area contributed by atoms with Crippen molar-refractivity contribution in [2.75, 3.05) is 18.6 Å². The second-order valence-corrected chi connectivity index (χ2v) is 13.0. The summed E-state index contributed by atoms with van der Waals surface area (Å²) >= 11 is 1.98. The number of halogens is 7. The molecule has 4 atom stereocenters. The van der Waals surface area contributed by atoms with Gasteiger partial charge in [-0.05, 0) is 96.7 Å². The van der Waals surface area contributed by atoms with Crippen molar-refractivity contribution in [1.82, 2.24) is 0 Å². The summed E-state index contributed by atoms with van der Waals surface area (Å²) in [6, 6.07) is 4.03. The highest BCUT2D eigenvalue weighted by molar-refractivity contribution is 14.1. The van der Waals surface area contributed by atoms with Gasteiger partial charge in [-0.3, -0.25) is 9.59 Å². The van der Waals surface area contributed by atoms with Crippen molar-refractivity contribution >= 4 is 46.2 Å². The fourth-order valence-corrected chi connectivity index (χ4v) is 7.20. The average Bonchev–Trinajstić information content (AvgIpc) is 3.24. The summed E-state index contributed by atoms with van der Waals surface area (Å²) in [6.07, 6.45) is -7.63. The van der Waals surface area contributed by atoms with Gasteiger partial charge in [0.25, 0.3) is 0 Å². The first-order chi connectivity index (χ1) is 21.9. The maximum Gasteiger partial charge on any atom is 0.416 e. The fourth-order valence-electron chi connectivity index (χ4n) is 6.58. The first kappa shape index (κ1) is 36.7. The van der Waals surface area contributed by atoms with E-state index < -0.39 is 71.4 Å². The van der Waals surface area contributed by atoms with Gasteiger partial charge in [0, 0.05) is 5.92 Å². The molecule has 0 unspecified atom stereocenters. The Morgan fingerprint density at radius 1 is 1.04 bits per heavy atom. The number of phenols is 1. The van der Waals surface area contributed by atoms with Crippen molar-refractivity contribution in [2.24, 2.45) is 17.8 Å². The number of imide groups is 1. The molecule has 0 spiro atoms. The molecule has 1 fully saturated rings. The summed E-state index contributed by atoms with van der Waals surface area (Å²) in [4.78, 5) is 27.5. The number of alkyl halides is 6. The van der Waals surface area contributed by atoms with Crippen molar-refractivity contribution in [1.29, 1.82) is 0 Å². The smallest absolute Gasteiger partial charge is 0.416 e. The van der Waals surface area contributed by atoms with Crippen molar-refractivity contribution < 1.29 is 56.0 Å². The lowest BCUT2D eigenvalue weighted by atomic mass is 9.68. The van der Waals surface area contributed by atoms with Gasteiger partial charge in [-0.25, -0.2) is 4.90 Å². The number of ether oxygens (including phenoxy) is 1. The van der Waals surface area contributed by atoms with Crippen molar-refractivity contribution in [3.63, 3.8) is 0 Å². The van der Waals surface area contributed by atoms with Crippen molar-refractivity contribution in [2.45, 2.75) is 64.4 Å². The quantitative estimate of drug-likeness (QED) is 0.0999. The lowest BCUT2D eigenvalue weighted by molar-refractivity contribution is -0.143. The third kappa shape index (κ3) is 7.64. The Bertz CT molecular complexity index is 1570. The number of phenolic OH excluding ortho intramolecular Hbond substituents is 1. The minimum absolute atomic E-state index is 0.0122. The van der Waals surface area contributed by atoms with Gasteiger partial charge in [-0.1, -0.05) is 30.6 Å². The van der Waals surface area contributed by atoms with E-state index in [1.807, 2.05) is 35.6 Å². The van der Waals surface area contributed by atoms with E-state index in [-0.39, 0.29) is 24.7 Å². The standard InChI is InChI=1S/C33H34F6INO6/c1-4-5-17(9-18-10-24(40)29(44)26(11-18)47-3)6-7-25(43)27-16(2)8-22-28(23(27)15-42)31(46)41(30(22)45)21-13-19(32(34,35)36)12-20(14-21)33(37,38)39/h9-14,22-23,25,28,42-44H,4-8,15H2,1-3H3/b17-9+/t22-,23+,25-,28-/m1/s1. The lowest BCUT2D eigenvalue weighted by Crippen LogP contribution is -2.38. The van der Waals surface area contributed by atoms with E-state index in [0.29, 0.717) is 50.3 Å². The number of amides is 2. The Kier molecular flexibility index (Phi) is 11.1. The second kappa shape index (κ2) is 14.2. The highest BCUT2D eigenvalue weighted by Crippen LogP contribution is 2.48. The second-order valence-electron chi connectivity index (χ2n) is 11.8. The summed E-state index contributed by atoms with van der Waals surface area (Å²) < 4.78 is 87.1. The zero-order valence-corrected chi connectivity index (χ0v) is 27.8. The monoisotopic (exact) mass is 781 g/mol. The van der Waals surface area contributed by atoms with Gasteiger partial charge >= 0.3 is 12.4 Å². The number of aliphatic hydroxyl groups excluding tert-OH is 2. The van der Waals surface area contributed by atoms with Crippen molar-refractivity contribution in [3.05, 3.63) is 67.3 Å². The molecular weight excluding hydrogens is 747 g/mol. The van der Waals surface area contributed by atoms with Gasteiger partial charge in [0.05, 0.1) is 52.0 Å². The number of carbonyl (C=O) groups excluding carboxylic acids is 2. The van der Waals surface area contributed by atoms with Crippen LogP contribution in [0.2, 0.25) is 0 Å². The number of aromatic hydroxyl groups is 1. The first-order valence-electron chi connectivity index (χ1n) is 14.8. The summed E-state index contributed by atoms with van der Waals surface area (Å²) in [7, 11) is 1.44. The van der Waals surface area contributed by atoms with Crippen LogP contribution < -0.4 is 9.64 Å². The van der Waals surface area contributed by atoms with Crippen LogP contribution >= 0.6 is 22.6 Å². The van der Waals surface area contributed by atoms with Gasteiger partial charge in [-0.15, -0.1) is 0 Å². The van der Waals surface area contributed by atoms with Crippen LogP contribution in [0, 0.1) is 21.3 Å². The van der Waals surface area contributed by atoms with E-state index in [1.54, 1.807) is 19.1 Å². The van der Waals surface area contributed by atoms with Crippen LogP contribution in [0.3, 0.4) is 0 Å². The summed E-state index contributed by atoms with van der Waals surface area (Å²) in [5.74, 6) is -5.20. The van der Waals surface area contributed by atoms with Crippen molar-refractivity contribution in [3.8, 4) is 11.5 Å². The lowest BCUT2D eigenvalue weighted by Gasteiger charge is -2.35. The van der Waals surface area contributed by atoms with Gasteiger partial charge in [0.15, 0.2) is 11.5 Å². The van der Waals surface area contributed by atoms with Crippen LogP contribution in [-0.4, -0.2) is 47.0 Å². The summed E-state index contributed by atoms with van der Waals surface area (Å²) in [5, 5.41) is 32.0. The molecule has 2 aliphatic rings. The Hall–Kier alpha value is -3.11. The average molecular weight is 782 g/mol. The molecule has 1 aliphatic heterocycles. The third-order valence-corrected chi connectivity index (χ3v) is 9.49. The van der Waals surface area contributed by atoms with Crippen LogP contribution in [0.4, 0.5) is 32.0 Å². The topological polar surface area (TPSA) is 107 Å². The Balaban J connectivity index is 1.62. The SMILES string of the molecule is CCC/C(=C\c1cc(I)c(O)c(OC)c1)CC[C@@H](O)C1=C(C)C[C@H]2C(=O)N(c3cc(C(F)(F)F)cc(C(F)(F)F)c3)C(=O)[C@H]2[C@H]1CO. The number of rotatable bonds is 10.